The van der Waals surface area contributed by atoms with Crippen LogP contribution >= 0.6 is 23.1 Å². The molecule has 0 aliphatic carbocycles. The van der Waals surface area contributed by atoms with Crippen molar-refractivity contribution in [3.05, 3.63) is 83.9 Å². The number of rotatable bonds is 6. The van der Waals surface area contributed by atoms with Crippen molar-refractivity contribution in [3.8, 4) is 0 Å². The van der Waals surface area contributed by atoms with Gasteiger partial charge in [0.15, 0.2) is 4.34 Å². The maximum Gasteiger partial charge on any atom is 0.255 e. The number of aryl methyl sites for hydroxylation is 1. The lowest BCUT2D eigenvalue weighted by Gasteiger charge is -2.04. The number of amides is 2. The number of benzene rings is 3. The first-order valence-corrected chi connectivity index (χ1v) is 11.1. The van der Waals surface area contributed by atoms with Crippen molar-refractivity contribution in [2.24, 2.45) is 0 Å². The average Bonchev–Trinajstić information content (AvgIpc) is 3.15. The number of carbonyl (C=O) groups excluding carboxylic acids is 2. The van der Waals surface area contributed by atoms with Crippen molar-refractivity contribution in [2.45, 2.75) is 11.3 Å². The molecule has 1 heterocycles. The zero-order chi connectivity index (χ0) is 20.9. The van der Waals surface area contributed by atoms with E-state index < -0.39 is 0 Å². The Kier molecular flexibility index (Phi) is 6.11. The van der Waals surface area contributed by atoms with E-state index in [4.69, 9.17) is 0 Å². The van der Waals surface area contributed by atoms with E-state index in [-0.39, 0.29) is 17.6 Å². The van der Waals surface area contributed by atoms with Gasteiger partial charge in [-0.3, -0.25) is 9.59 Å². The summed E-state index contributed by atoms with van der Waals surface area (Å²) >= 11 is 2.91. The van der Waals surface area contributed by atoms with Gasteiger partial charge in [-0.15, -0.1) is 11.3 Å². The largest absolute Gasteiger partial charge is 0.325 e. The van der Waals surface area contributed by atoms with Gasteiger partial charge in [0.1, 0.15) is 0 Å². The summed E-state index contributed by atoms with van der Waals surface area (Å²) < 4.78 is 1.78. The number of carbonyl (C=O) groups is 2. The molecule has 7 heteroatoms. The smallest absolute Gasteiger partial charge is 0.255 e. The number of hydrogen-bond acceptors (Lipinski definition) is 5. The molecule has 0 fully saturated rings. The molecule has 4 rings (SSSR count). The zero-order valence-electron chi connectivity index (χ0n) is 16.2. The van der Waals surface area contributed by atoms with E-state index in [0.717, 1.165) is 25.8 Å². The number of thiazole rings is 1. The van der Waals surface area contributed by atoms with Gasteiger partial charge in [0.25, 0.3) is 5.91 Å². The quantitative estimate of drug-likeness (QED) is 0.389. The third-order valence-corrected chi connectivity index (χ3v) is 6.45. The van der Waals surface area contributed by atoms with Crippen LogP contribution in [0.1, 0.15) is 15.9 Å². The van der Waals surface area contributed by atoms with Crippen LogP contribution in [-0.2, 0) is 4.79 Å². The molecule has 150 valence electrons. The number of nitrogens with one attached hydrogen (secondary N) is 2. The molecule has 2 N–H and O–H groups in total. The van der Waals surface area contributed by atoms with Crippen molar-refractivity contribution in [1.82, 2.24) is 4.98 Å². The van der Waals surface area contributed by atoms with Gasteiger partial charge in [-0.2, -0.15) is 0 Å². The van der Waals surface area contributed by atoms with Gasteiger partial charge in [-0.1, -0.05) is 42.1 Å². The highest BCUT2D eigenvalue weighted by Gasteiger charge is 2.10. The van der Waals surface area contributed by atoms with Gasteiger partial charge in [0.05, 0.1) is 16.0 Å². The highest BCUT2D eigenvalue weighted by atomic mass is 32.2. The second-order valence-corrected chi connectivity index (χ2v) is 8.94. The Morgan fingerprint density at radius 2 is 1.73 bits per heavy atom. The van der Waals surface area contributed by atoms with Gasteiger partial charge >= 0.3 is 0 Å². The summed E-state index contributed by atoms with van der Waals surface area (Å²) in [5, 5.41) is 5.81. The van der Waals surface area contributed by atoms with Crippen molar-refractivity contribution >= 4 is 56.5 Å². The number of anilines is 2. The standard InChI is InChI=1S/C23H19N3O2S2/c1-15-6-5-9-17(12-15)24-21(27)14-29-23-26-19-11-10-18(13-20(19)30-23)25-22(28)16-7-3-2-4-8-16/h2-13H,14H2,1H3,(H,24,27)(H,25,28). The third-order valence-electron chi connectivity index (χ3n) is 4.29. The number of nitrogens with zero attached hydrogens (tertiary/aromatic N) is 1. The second-order valence-electron chi connectivity index (χ2n) is 6.69. The first-order chi connectivity index (χ1) is 14.6. The lowest BCUT2D eigenvalue weighted by Crippen LogP contribution is -2.13. The van der Waals surface area contributed by atoms with E-state index >= 15 is 0 Å². The maximum atomic E-state index is 12.3. The van der Waals surface area contributed by atoms with E-state index in [2.05, 4.69) is 15.6 Å². The minimum atomic E-state index is -0.151. The fourth-order valence-corrected chi connectivity index (χ4v) is 4.79. The molecule has 0 saturated heterocycles. The predicted octanol–water partition coefficient (Wildman–Crippen LogP) is 5.59. The molecule has 5 nitrogen and oxygen atoms in total. The predicted molar refractivity (Wildman–Crippen MR) is 125 cm³/mol. The van der Waals surface area contributed by atoms with Crippen LogP contribution in [0.3, 0.4) is 0 Å². The molecule has 2 amide bonds. The molecule has 0 bridgehead atoms. The van der Waals surface area contributed by atoms with Crippen LogP contribution in [0.2, 0.25) is 0 Å². The van der Waals surface area contributed by atoms with E-state index in [0.29, 0.717) is 11.3 Å². The van der Waals surface area contributed by atoms with Gasteiger partial charge in [0.2, 0.25) is 5.91 Å². The van der Waals surface area contributed by atoms with E-state index in [1.165, 1.54) is 23.1 Å². The summed E-state index contributed by atoms with van der Waals surface area (Å²) in [6.45, 7) is 1.99. The molecule has 1 aromatic heterocycles. The van der Waals surface area contributed by atoms with Crippen LogP contribution in [-0.4, -0.2) is 22.6 Å². The van der Waals surface area contributed by atoms with Crippen LogP contribution in [0.25, 0.3) is 10.2 Å². The van der Waals surface area contributed by atoms with E-state index in [1.54, 1.807) is 12.1 Å². The van der Waals surface area contributed by atoms with Gasteiger partial charge < -0.3 is 10.6 Å². The zero-order valence-corrected chi connectivity index (χ0v) is 17.8. The molecule has 3 aromatic carbocycles. The lowest BCUT2D eigenvalue weighted by atomic mass is 10.2. The van der Waals surface area contributed by atoms with Crippen LogP contribution in [0, 0.1) is 6.92 Å². The molecule has 0 saturated carbocycles. The van der Waals surface area contributed by atoms with E-state index in [1.807, 2.05) is 67.6 Å². The SMILES string of the molecule is Cc1cccc(NC(=O)CSc2nc3ccc(NC(=O)c4ccccc4)cc3s2)c1. The fourth-order valence-electron chi connectivity index (χ4n) is 2.88. The van der Waals surface area contributed by atoms with Gasteiger partial charge in [0, 0.05) is 16.9 Å². The minimum Gasteiger partial charge on any atom is -0.325 e. The van der Waals surface area contributed by atoms with Gasteiger partial charge in [-0.25, -0.2) is 4.98 Å². The van der Waals surface area contributed by atoms with Crippen LogP contribution < -0.4 is 10.6 Å². The van der Waals surface area contributed by atoms with Crippen molar-refractivity contribution < 1.29 is 9.59 Å². The molecular weight excluding hydrogens is 414 g/mol. The number of thioether (sulfide) groups is 1. The van der Waals surface area contributed by atoms with Gasteiger partial charge in [-0.05, 0) is 55.0 Å². The molecule has 0 atom stereocenters. The van der Waals surface area contributed by atoms with Crippen LogP contribution in [0.15, 0.2) is 77.1 Å². The Bertz CT molecular complexity index is 1210. The van der Waals surface area contributed by atoms with Crippen LogP contribution in [0.5, 0.6) is 0 Å². The second kappa shape index (κ2) is 9.11. The Morgan fingerprint density at radius 1 is 0.933 bits per heavy atom. The van der Waals surface area contributed by atoms with Crippen molar-refractivity contribution in [1.29, 1.82) is 0 Å². The van der Waals surface area contributed by atoms with E-state index in [9.17, 15) is 9.59 Å². The van der Waals surface area contributed by atoms with Crippen molar-refractivity contribution in [3.63, 3.8) is 0 Å². The Morgan fingerprint density at radius 3 is 2.53 bits per heavy atom. The molecule has 0 spiro atoms. The maximum absolute atomic E-state index is 12.3. The number of aromatic nitrogens is 1. The first kappa shape index (κ1) is 20.1. The Hall–Kier alpha value is -3.16. The molecule has 0 aliphatic heterocycles. The highest BCUT2D eigenvalue weighted by molar-refractivity contribution is 8.01. The summed E-state index contributed by atoms with van der Waals surface area (Å²) in [6, 6.07) is 22.4. The molecule has 0 aliphatic rings. The van der Waals surface area contributed by atoms with Crippen LogP contribution in [0.4, 0.5) is 11.4 Å². The molecular formula is C23H19N3O2S2. The summed E-state index contributed by atoms with van der Waals surface area (Å²) in [6.07, 6.45) is 0. The molecule has 4 aromatic rings. The molecule has 30 heavy (non-hydrogen) atoms. The Balaban J connectivity index is 1.38. The minimum absolute atomic E-state index is 0.0688. The normalized spacial score (nSPS) is 10.7. The summed E-state index contributed by atoms with van der Waals surface area (Å²) in [5.41, 5.74) is 4.07. The monoisotopic (exact) mass is 433 g/mol. The summed E-state index contributed by atoms with van der Waals surface area (Å²) in [4.78, 5) is 29.1. The number of fused-ring (bicyclic) bond motifs is 1. The third kappa shape index (κ3) is 5.06. The molecule has 0 unspecified atom stereocenters. The lowest BCUT2D eigenvalue weighted by molar-refractivity contribution is -0.113. The topological polar surface area (TPSA) is 71.1 Å². The summed E-state index contributed by atoms with van der Waals surface area (Å²) in [7, 11) is 0. The highest BCUT2D eigenvalue weighted by Crippen LogP contribution is 2.31. The summed E-state index contributed by atoms with van der Waals surface area (Å²) in [5.74, 6) is 0.0632. The first-order valence-electron chi connectivity index (χ1n) is 9.33. The molecule has 0 radical (unpaired) electrons. The van der Waals surface area contributed by atoms with Crippen molar-refractivity contribution in [2.75, 3.05) is 16.4 Å². The average molecular weight is 434 g/mol. The fraction of sp³-hybridized carbons (Fsp3) is 0.0870. The Labute approximate surface area is 182 Å². The number of hydrogen-bond donors (Lipinski definition) is 2.